The molecule has 1 aromatic carbocycles. The van der Waals surface area contributed by atoms with Gasteiger partial charge in [0.1, 0.15) is 0 Å². The van der Waals surface area contributed by atoms with Crippen molar-refractivity contribution in [1.29, 1.82) is 0 Å². The maximum absolute atomic E-state index is 12.5. The van der Waals surface area contributed by atoms with Gasteiger partial charge in [0, 0.05) is 18.3 Å². The lowest BCUT2D eigenvalue weighted by Crippen LogP contribution is -2.36. The van der Waals surface area contributed by atoms with Gasteiger partial charge in [0.2, 0.25) is 0 Å². The lowest BCUT2D eigenvalue weighted by atomic mass is 9.98. The molecule has 1 aliphatic heterocycles. The molecule has 0 aliphatic carbocycles. The standard InChI is InChI=1S/C16H20N2OS/c1-18(11-12-6-8-17-9-7-12)16(19)15-10-13-4-2-3-5-14(13)20-15/h2-5,10,12,17H,6-9,11H2,1H3. The van der Waals surface area contributed by atoms with Crippen molar-refractivity contribution in [2.24, 2.45) is 5.92 Å². The molecule has 4 heteroatoms. The number of benzene rings is 1. The molecule has 3 rings (SSSR count). The normalized spacial score (nSPS) is 16.4. The van der Waals surface area contributed by atoms with Crippen LogP contribution in [0.15, 0.2) is 30.3 Å². The Morgan fingerprint density at radius 3 is 2.85 bits per heavy atom. The zero-order valence-electron chi connectivity index (χ0n) is 11.8. The Morgan fingerprint density at radius 1 is 1.35 bits per heavy atom. The van der Waals surface area contributed by atoms with E-state index < -0.39 is 0 Å². The minimum absolute atomic E-state index is 0.157. The van der Waals surface area contributed by atoms with Crippen molar-refractivity contribution in [2.45, 2.75) is 12.8 Å². The summed E-state index contributed by atoms with van der Waals surface area (Å²) in [5, 5.41) is 4.53. The number of thiophene rings is 1. The number of nitrogens with zero attached hydrogens (tertiary/aromatic N) is 1. The topological polar surface area (TPSA) is 32.3 Å². The van der Waals surface area contributed by atoms with E-state index in [1.807, 2.05) is 30.1 Å². The Morgan fingerprint density at radius 2 is 2.10 bits per heavy atom. The summed E-state index contributed by atoms with van der Waals surface area (Å²) < 4.78 is 1.19. The number of rotatable bonds is 3. The maximum atomic E-state index is 12.5. The lowest BCUT2D eigenvalue weighted by Gasteiger charge is -2.27. The molecular weight excluding hydrogens is 268 g/mol. The first kappa shape index (κ1) is 13.6. The molecule has 0 unspecified atom stereocenters. The quantitative estimate of drug-likeness (QED) is 0.941. The van der Waals surface area contributed by atoms with Gasteiger partial charge in [-0.3, -0.25) is 4.79 Å². The van der Waals surface area contributed by atoms with Crippen LogP contribution < -0.4 is 5.32 Å². The first-order valence-corrected chi connectivity index (χ1v) is 8.00. The molecule has 0 bridgehead atoms. The van der Waals surface area contributed by atoms with E-state index in [1.54, 1.807) is 11.3 Å². The third-order valence-electron chi connectivity index (χ3n) is 3.97. The number of hydrogen-bond donors (Lipinski definition) is 1. The van der Waals surface area contributed by atoms with Crippen molar-refractivity contribution >= 4 is 27.3 Å². The highest BCUT2D eigenvalue weighted by atomic mass is 32.1. The van der Waals surface area contributed by atoms with Gasteiger partial charge in [-0.15, -0.1) is 11.3 Å². The first-order valence-electron chi connectivity index (χ1n) is 7.19. The van der Waals surface area contributed by atoms with Crippen LogP contribution in [0.3, 0.4) is 0 Å². The van der Waals surface area contributed by atoms with Crippen LogP contribution in [0.5, 0.6) is 0 Å². The first-order chi connectivity index (χ1) is 9.74. The molecule has 106 valence electrons. The van der Waals surface area contributed by atoms with Crippen LogP contribution in [0, 0.1) is 5.92 Å². The molecule has 1 saturated heterocycles. The lowest BCUT2D eigenvalue weighted by molar-refractivity contribution is 0.0767. The van der Waals surface area contributed by atoms with Gasteiger partial charge in [-0.2, -0.15) is 0 Å². The second-order valence-corrected chi connectivity index (χ2v) is 6.61. The molecule has 1 fully saturated rings. The highest BCUT2D eigenvalue weighted by Gasteiger charge is 2.20. The number of carbonyl (C=O) groups is 1. The highest BCUT2D eigenvalue weighted by molar-refractivity contribution is 7.20. The average molecular weight is 288 g/mol. The molecule has 1 aromatic heterocycles. The molecule has 2 aromatic rings. The minimum Gasteiger partial charge on any atom is -0.341 e. The number of amides is 1. The van der Waals surface area contributed by atoms with E-state index >= 15 is 0 Å². The number of nitrogens with one attached hydrogen (secondary N) is 1. The van der Waals surface area contributed by atoms with Gasteiger partial charge in [0.05, 0.1) is 4.88 Å². The van der Waals surface area contributed by atoms with Crippen molar-refractivity contribution in [3.05, 3.63) is 35.2 Å². The number of piperidine rings is 1. The van der Waals surface area contributed by atoms with Crippen molar-refractivity contribution in [2.75, 3.05) is 26.7 Å². The van der Waals surface area contributed by atoms with Crippen molar-refractivity contribution in [3.8, 4) is 0 Å². The van der Waals surface area contributed by atoms with Crippen LogP contribution in [-0.2, 0) is 0 Å². The average Bonchev–Trinajstić information content (AvgIpc) is 2.91. The molecule has 1 N–H and O–H groups in total. The van der Waals surface area contributed by atoms with Crippen LogP contribution in [0.4, 0.5) is 0 Å². The summed E-state index contributed by atoms with van der Waals surface area (Å²) in [5.41, 5.74) is 0. The van der Waals surface area contributed by atoms with Crippen LogP contribution >= 0.6 is 11.3 Å². The van der Waals surface area contributed by atoms with E-state index in [9.17, 15) is 4.79 Å². The Bertz CT molecular complexity index is 568. The molecule has 0 radical (unpaired) electrons. The molecule has 0 spiro atoms. The van der Waals surface area contributed by atoms with E-state index in [0.29, 0.717) is 5.92 Å². The summed E-state index contributed by atoms with van der Waals surface area (Å²) in [7, 11) is 1.93. The fourth-order valence-electron chi connectivity index (χ4n) is 2.81. The van der Waals surface area contributed by atoms with Gasteiger partial charge < -0.3 is 10.2 Å². The zero-order valence-corrected chi connectivity index (χ0v) is 12.6. The second-order valence-electron chi connectivity index (χ2n) is 5.53. The Balaban J connectivity index is 1.70. The van der Waals surface area contributed by atoms with Gasteiger partial charge in [-0.05, 0) is 49.4 Å². The minimum atomic E-state index is 0.157. The van der Waals surface area contributed by atoms with Crippen molar-refractivity contribution in [3.63, 3.8) is 0 Å². The van der Waals surface area contributed by atoms with Gasteiger partial charge in [0.15, 0.2) is 0 Å². The van der Waals surface area contributed by atoms with Crippen LogP contribution in [-0.4, -0.2) is 37.5 Å². The third-order valence-corrected chi connectivity index (χ3v) is 5.08. The van der Waals surface area contributed by atoms with E-state index in [4.69, 9.17) is 0 Å². The van der Waals surface area contributed by atoms with Crippen LogP contribution in [0.1, 0.15) is 22.5 Å². The summed E-state index contributed by atoms with van der Waals surface area (Å²) in [5.74, 6) is 0.796. The highest BCUT2D eigenvalue weighted by Crippen LogP contribution is 2.26. The third kappa shape index (κ3) is 2.86. The number of carbonyl (C=O) groups excluding carboxylic acids is 1. The molecule has 0 saturated carbocycles. The monoisotopic (exact) mass is 288 g/mol. The van der Waals surface area contributed by atoms with E-state index in [0.717, 1.165) is 29.9 Å². The molecule has 1 aliphatic rings. The van der Waals surface area contributed by atoms with Gasteiger partial charge in [0.25, 0.3) is 5.91 Å². The number of hydrogen-bond acceptors (Lipinski definition) is 3. The Labute approximate surface area is 123 Å². The largest absolute Gasteiger partial charge is 0.341 e. The molecule has 0 atom stereocenters. The summed E-state index contributed by atoms with van der Waals surface area (Å²) in [6, 6.07) is 10.2. The Hall–Kier alpha value is -1.39. The molecule has 2 heterocycles. The van der Waals surface area contributed by atoms with Crippen molar-refractivity contribution in [1.82, 2.24) is 10.2 Å². The van der Waals surface area contributed by atoms with Gasteiger partial charge >= 0.3 is 0 Å². The van der Waals surface area contributed by atoms with Gasteiger partial charge in [-0.1, -0.05) is 18.2 Å². The second kappa shape index (κ2) is 5.94. The maximum Gasteiger partial charge on any atom is 0.263 e. The smallest absolute Gasteiger partial charge is 0.263 e. The summed E-state index contributed by atoms with van der Waals surface area (Å²) in [6.07, 6.45) is 2.34. The van der Waals surface area contributed by atoms with Gasteiger partial charge in [-0.25, -0.2) is 0 Å². The summed E-state index contributed by atoms with van der Waals surface area (Å²) in [4.78, 5) is 15.2. The molecule has 20 heavy (non-hydrogen) atoms. The number of fused-ring (bicyclic) bond motifs is 1. The van der Waals surface area contributed by atoms with E-state index in [2.05, 4.69) is 17.4 Å². The zero-order chi connectivity index (χ0) is 13.9. The molecular formula is C16H20N2OS. The summed E-state index contributed by atoms with van der Waals surface area (Å²) in [6.45, 7) is 3.03. The molecule has 3 nitrogen and oxygen atoms in total. The van der Waals surface area contributed by atoms with E-state index in [-0.39, 0.29) is 5.91 Å². The predicted molar refractivity (Wildman–Crippen MR) is 84.4 cm³/mol. The predicted octanol–water partition coefficient (Wildman–Crippen LogP) is 2.97. The Kier molecular flexibility index (Phi) is 4.03. The molecule has 1 amide bonds. The van der Waals surface area contributed by atoms with Crippen LogP contribution in [0.25, 0.3) is 10.1 Å². The summed E-state index contributed by atoms with van der Waals surface area (Å²) >= 11 is 1.59. The fraction of sp³-hybridized carbons (Fsp3) is 0.438. The van der Waals surface area contributed by atoms with Crippen LogP contribution in [0.2, 0.25) is 0 Å². The fourth-order valence-corrected chi connectivity index (χ4v) is 3.87. The van der Waals surface area contributed by atoms with Crippen molar-refractivity contribution < 1.29 is 4.79 Å². The SMILES string of the molecule is CN(CC1CCNCC1)C(=O)c1cc2ccccc2s1. The van der Waals surface area contributed by atoms with E-state index in [1.165, 1.54) is 17.5 Å².